The van der Waals surface area contributed by atoms with Gasteiger partial charge < -0.3 is 19.9 Å². The second-order valence-corrected chi connectivity index (χ2v) is 5.48. The van der Waals surface area contributed by atoms with E-state index in [1.165, 1.54) is 0 Å². The summed E-state index contributed by atoms with van der Waals surface area (Å²) in [6.45, 7) is 0.279. The van der Waals surface area contributed by atoms with Crippen molar-refractivity contribution in [3.05, 3.63) is 83.4 Å². The number of amides is 1. The van der Waals surface area contributed by atoms with Gasteiger partial charge >= 0.3 is 5.97 Å². The van der Waals surface area contributed by atoms with Crippen molar-refractivity contribution in [2.45, 2.75) is 12.3 Å². The smallest absolute Gasteiger partial charge is 0.328 e. The Morgan fingerprint density at radius 3 is 2.08 bits per heavy atom. The molecule has 0 spiro atoms. The topological polar surface area (TPSA) is 84.9 Å². The third-order valence-electron chi connectivity index (χ3n) is 3.91. The molecule has 0 bridgehead atoms. The molecule has 136 valence electrons. The van der Waals surface area contributed by atoms with E-state index in [-0.39, 0.29) is 6.54 Å². The van der Waals surface area contributed by atoms with Crippen LogP contribution < -0.4 is 5.32 Å². The van der Waals surface area contributed by atoms with E-state index in [4.69, 9.17) is 14.6 Å². The lowest BCUT2D eigenvalue weighted by Crippen LogP contribution is -2.32. The Bertz CT molecular complexity index is 765. The van der Waals surface area contributed by atoms with Gasteiger partial charge in [0.2, 0.25) is 11.7 Å². The van der Waals surface area contributed by atoms with E-state index in [9.17, 15) is 9.59 Å². The van der Waals surface area contributed by atoms with Gasteiger partial charge in [-0.3, -0.25) is 4.79 Å². The fourth-order valence-electron chi connectivity index (χ4n) is 2.62. The van der Waals surface area contributed by atoms with Crippen LogP contribution in [-0.4, -0.2) is 31.2 Å². The molecule has 6 nitrogen and oxygen atoms in total. The van der Waals surface area contributed by atoms with E-state index in [2.05, 4.69) is 5.32 Å². The van der Waals surface area contributed by atoms with E-state index in [1.807, 2.05) is 54.6 Å². The highest BCUT2D eigenvalue weighted by Gasteiger charge is 2.34. The van der Waals surface area contributed by atoms with E-state index in [0.717, 1.165) is 28.8 Å². The lowest BCUT2D eigenvalue weighted by Gasteiger charge is -2.32. The van der Waals surface area contributed by atoms with Crippen LogP contribution in [0.4, 0.5) is 0 Å². The number of hydrogen-bond donors (Lipinski definition) is 2. The first kappa shape index (κ1) is 19.4. The minimum absolute atomic E-state index is 0.279. The molecule has 0 aliphatic rings. The molecule has 0 radical (unpaired) electrons. The molecule has 26 heavy (non-hydrogen) atoms. The molecule has 0 aromatic heterocycles. The molecule has 0 unspecified atom stereocenters. The van der Waals surface area contributed by atoms with Crippen LogP contribution in [-0.2, 0) is 31.4 Å². The average molecular weight is 355 g/mol. The highest BCUT2D eigenvalue weighted by molar-refractivity contribution is 5.93. The number of carbonyl (C=O) groups is 2. The fraction of sp³-hybridized carbons (Fsp3) is 0.200. The molecule has 0 atom stereocenters. The maximum absolute atomic E-state index is 11.5. The molecule has 0 saturated carbocycles. The van der Waals surface area contributed by atoms with Gasteiger partial charge in [0.25, 0.3) is 0 Å². The highest BCUT2D eigenvalue weighted by atomic mass is 16.7. The highest BCUT2D eigenvalue weighted by Crippen LogP contribution is 2.33. The van der Waals surface area contributed by atoms with Gasteiger partial charge in [0.05, 0.1) is 0 Å². The molecular weight excluding hydrogens is 334 g/mol. The van der Waals surface area contributed by atoms with Crippen molar-refractivity contribution in [3.8, 4) is 0 Å². The first-order chi connectivity index (χ1) is 12.5. The number of carbonyl (C=O) groups excluding carboxylic acids is 1. The van der Waals surface area contributed by atoms with Crippen LogP contribution in [0.2, 0.25) is 0 Å². The zero-order valence-corrected chi connectivity index (χ0v) is 14.6. The summed E-state index contributed by atoms with van der Waals surface area (Å²) >= 11 is 0. The van der Waals surface area contributed by atoms with Crippen molar-refractivity contribution >= 4 is 11.9 Å². The number of benzene rings is 2. The summed E-state index contributed by atoms with van der Waals surface area (Å²) in [4.78, 5) is 21.9. The van der Waals surface area contributed by atoms with Crippen LogP contribution in [0.15, 0.2) is 66.7 Å². The third-order valence-corrected chi connectivity index (χ3v) is 3.91. The Labute approximate surface area is 152 Å². The van der Waals surface area contributed by atoms with Gasteiger partial charge in [0, 0.05) is 44.0 Å². The molecule has 2 aromatic rings. The Kier molecular flexibility index (Phi) is 6.66. The van der Waals surface area contributed by atoms with Gasteiger partial charge in [-0.1, -0.05) is 54.6 Å². The van der Waals surface area contributed by atoms with E-state index in [0.29, 0.717) is 0 Å². The Balaban J connectivity index is 2.14. The molecule has 0 heterocycles. The predicted molar refractivity (Wildman–Crippen MR) is 96.3 cm³/mol. The summed E-state index contributed by atoms with van der Waals surface area (Å²) in [7, 11) is 3.17. The summed E-state index contributed by atoms with van der Waals surface area (Å²) in [6.07, 6.45) is 1.77. The van der Waals surface area contributed by atoms with Crippen LogP contribution in [0, 0.1) is 0 Å². The summed E-state index contributed by atoms with van der Waals surface area (Å²) in [5.74, 6) is -2.66. The molecule has 2 rings (SSSR count). The number of carboxylic acid groups (broad SMARTS) is 1. The largest absolute Gasteiger partial charge is 0.478 e. The number of ether oxygens (including phenoxy) is 2. The number of methoxy groups -OCH3 is 2. The van der Waals surface area contributed by atoms with E-state index >= 15 is 0 Å². The number of nitrogens with one attached hydrogen (secondary N) is 1. The van der Waals surface area contributed by atoms with Crippen LogP contribution in [0.3, 0.4) is 0 Å². The monoisotopic (exact) mass is 355 g/mol. The van der Waals surface area contributed by atoms with Gasteiger partial charge in [-0.2, -0.15) is 0 Å². The third kappa shape index (κ3) is 4.56. The minimum Gasteiger partial charge on any atom is -0.478 e. The molecular formula is C20H21NO5. The number of carboxylic acids is 1. The Morgan fingerprint density at radius 2 is 1.54 bits per heavy atom. The summed E-state index contributed by atoms with van der Waals surface area (Å²) in [5.41, 5.74) is 2.54. The fourth-order valence-corrected chi connectivity index (χ4v) is 2.62. The maximum atomic E-state index is 11.5. The first-order valence-electron chi connectivity index (χ1n) is 7.96. The zero-order valence-electron chi connectivity index (χ0n) is 14.6. The van der Waals surface area contributed by atoms with Crippen molar-refractivity contribution in [1.29, 1.82) is 0 Å². The van der Waals surface area contributed by atoms with Gasteiger partial charge in [-0.25, -0.2) is 4.79 Å². The van der Waals surface area contributed by atoms with Crippen LogP contribution >= 0.6 is 0 Å². The minimum atomic E-state index is -1.17. The molecule has 2 aromatic carbocycles. The summed E-state index contributed by atoms with van der Waals surface area (Å²) in [6, 6.07) is 17.0. The van der Waals surface area contributed by atoms with Crippen molar-refractivity contribution in [3.63, 3.8) is 0 Å². The Morgan fingerprint density at radius 1 is 0.962 bits per heavy atom. The van der Waals surface area contributed by atoms with Gasteiger partial charge in [-0.15, -0.1) is 0 Å². The number of hydrogen-bond acceptors (Lipinski definition) is 4. The quantitative estimate of drug-likeness (QED) is 0.561. The SMILES string of the molecule is COC(OC)(c1ccccc1)c1ccc(CNC(=O)/C=C\C(=O)O)cc1. The van der Waals surface area contributed by atoms with Gasteiger partial charge in [-0.05, 0) is 5.56 Å². The normalized spacial score (nSPS) is 11.5. The van der Waals surface area contributed by atoms with E-state index < -0.39 is 17.7 Å². The lowest BCUT2D eigenvalue weighted by atomic mass is 9.96. The number of aliphatic carboxylic acids is 1. The van der Waals surface area contributed by atoms with Crippen molar-refractivity contribution in [1.82, 2.24) is 5.32 Å². The first-order valence-corrected chi connectivity index (χ1v) is 7.96. The summed E-state index contributed by atoms with van der Waals surface area (Å²) < 4.78 is 11.4. The molecule has 0 aliphatic carbocycles. The summed E-state index contributed by atoms with van der Waals surface area (Å²) in [5, 5.41) is 11.1. The van der Waals surface area contributed by atoms with Crippen LogP contribution in [0.5, 0.6) is 0 Å². The molecule has 1 amide bonds. The second kappa shape index (κ2) is 8.94. The van der Waals surface area contributed by atoms with Gasteiger partial charge in [0.15, 0.2) is 0 Å². The zero-order chi connectivity index (χ0) is 19.0. The van der Waals surface area contributed by atoms with Crippen LogP contribution in [0.1, 0.15) is 16.7 Å². The second-order valence-electron chi connectivity index (χ2n) is 5.48. The van der Waals surface area contributed by atoms with Crippen LogP contribution in [0.25, 0.3) is 0 Å². The maximum Gasteiger partial charge on any atom is 0.328 e. The molecule has 2 N–H and O–H groups in total. The van der Waals surface area contributed by atoms with Crippen molar-refractivity contribution in [2.75, 3.05) is 14.2 Å². The Hall–Kier alpha value is -2.96. The molecule has 0 aliphatic heterocycles. The lowest BCUT2D eigenvalue weighted by molar-refractivity contribution is -0.183. The van der Waals surface area contributed by atoms with Crippen molar-refractivity contribution < 1.29 is 24.2 Å². The molecule has 0 fully saturated rings. The van der Waals surface area contributed by atoms with E-state index in [1.54, 1.807) is 14.2 Å². The predicted octanol–water partition coefficient (Wildman–Crippen LogP) is 2.44. The number of rotatable bonds is 8. The van der Waals surface area contributed by atoms with Gasteiger partial charge in [0.1, 0.15) is 0 Å². The molecule has 0 saturated heterocycles. The average Bonchev–Trinajstić information content (AvgIpc) is 2.68. The van der Waals surface area contributed by atoms with Crippen molar-refractivity contribution in [2.24, 2.45) is 0 Å². The molecule has 6 heteroatoms. The standard InChI is InChI=1S/C20H21NO5/c1-25-20(26-2,16-6-4-3-5-7-16)17-10-8-15(9-11-17)14-21-18(22)12-13-19(23)24/h3-13H,14H2,1-2H3,(H,21,22)(H,23,24)/b13-12-.